The number of esters is 3. The summed E-state index contributed by atoms with van der Waals surface area (Å²) in [5, 5.41) is 0. The van der Waals surface area contributed by atoms with Crippen molar-refractivity contribution in [2.45, 2.75) is 317 Å². The van der Waals surface area contributed by atoms with Crippen LogP contribution in [0.25, 0.3) is 0 Å². The van der Waals surface area contributed by atoms with Gasteiger partial charge in [-0.25, -0.2) is 0 Å². The molecule has 0 spiro atoms. The first-order valence-electron chi connectivity index (χ1n) is 27.8. The Morgan fingerprint density at radius 2 is 0.613 bits per heavy atom. The number of carbonyl (C=O) groups excluding carboxylic acids is 3. The molecule has 62 heavy (non-hydrogen) atoms. The molecule has 0 fully saturated rings. The van der Waals surface area contributed by atoms with Gasteiger partial charge in [0, 0.05) is 19.3 Å². The second-order valence-electron chi connectivity index (χ2n) is 19.9. The molecule has 0 radical (unpaired) electrons. The smallest absolute Gasteiger partial charge is 0.306 e. The van der Waals surface area contributed by atoms with Gasteiger partial charge in [-0.15, -0.1) is 0 Å². The summed E-state index contributed by atoms with van der Waals surface area (Å²) in [5.74, 6) is 0.890. The van der Waals surface area contributed by atoms with Crippen molar-refractivity contribution in [3.05, 3.63) is 0 Å². The third kappa shape index (κ3) is 47.9. The molecule has 0 saturated heterocycles. The number of unbranched alkanes of at least 4 members (excludes halogenated alkanes) is 34. The SMILES string of the molecule is CCCCCCCCCCCCC(=O)OC[C@H](COC(=O)CCCCCCCCCCCCCCCC(C)C)OC(=O)CCCCCCCCCCCCCCCCC(C)CC. The molecule has 0 aromatic carbocycles. The molecular formula is C56H108O6. The van der Waals surface area contributed by atoms with Gasteiger partial charge in [-0.05, 0) is 31.1 Å². The van der Waals surface area contributed by atoms with Gasteiger partial charge in [-0.1, -0.05) is 272 Å². The van der Waals surface area contributed by atoms with Crippen molar-refractivity contribution in [3.63, 3.8) is 0 Å². The van der Waals surface area contributed by atoms with Crippen molar-refractivity contribution in [2.24, 2.45) is 11.8 Å². The molecule has 0 rings (SSSR count). The topological polar surface area (TPSA) is 78.9 Å². The minimum Gasteiger partial charge on any atom is -0.462 e. The number of rotatable bonds is 50. The van der Waals surface area contributed by atoms with Crippen LogP contribution in [0, 0.1) is 11.8 Å². The van der Waals surface area contributed by atoms with Crippen LogP contribution >= 0.6 is 0 Å². The second kappa shape index (κ2) is 48.9. The number of carbonyl (C=O) groups is 3. The van der Waals surface area contributed by atoms with Crippen molar-refractivity contribution in [2.75, 3.05) is 13.2 Å². The average Bonchev–Trinajstić information content (AvgIpc) is 3.26. The van der Waals surface area contributed by atoms with E-state index in [0.29, 0.717) is 19.3 Å². The zero-order chi connectivity index (χ0) is 45.4. The van der Waals surface area contributed by atoms with E-state index in [0.717, 1.165) is 69.6 Å². The molecule has 6 nitrogen and oxygen atoms in total. The van der Waals surface area contributed by atoms with Gasteiger partial charge in [0.1, 0.15) is 13.2 Å². The van der Waals surface area contributed by atoms with Crippen LogP contribution in [-0.4, -0.2) is 37.2 Å². The molecule has 0 amide bonds. The van der Waals surface area contributed by atoms with E-state index in [2.05, 4.69) is 34.6 Å². The molecule has 0 aromatic heterocycles. The summed E-state index contributed by atoms with van der Waals surface area (Å²) in [4.78, 5) is 38.0. The summed E-state index contributed by atoms with van der Waals surface area (Å²) in [7, 11) is 0. The van der Waals surface area contributed by atoms with E-state index >= 15 is 0 Å². The lowest BCUT2D eigenvalue weighted by atomic mass is 9.99. The lowest BCUT2D eigenvalue weighted by Gasteiger charge is -2.18. The maximum absolute atomic E-state index is 12.8. The maximum atomic E-state index is 12.8. The standard InChI is InChI=1S/C56H108O6/c1-6-8-9-10-11-12-26-31-36-41-46-54(57)60-49-53(50-61-55(58)47-42-37-32-27-22-19-15-16-20-24-29-34-39-44-51(3)4)62-56(59)48-43-38-33-28-23-18-14-13-17-21-25-30-35-40-45-52(5)7-2/h51-53H,6-50H2,1-5H3/t52?,53-/m1/s1. The maximum Gasteiger partial charge on any atom is 0.306 e. The summed E-state index contributed by atoms with van der Waals surface area (Å²) >= 11 is 0. The monoisotopic (exact) mass is 877 g/mol. The van der Waals surface area contributed by atoms with Gasteiger partial charge in [0.15, 0.2) is 6.10 Å². The molecule has 0 heterocycles. The van der Waals surface area contributed by atoms with E-state index in [1.807, 2.05) is 0 Å². The van der Waals surface area contributed by atoms with Crippen LogP contribution in [0.2, 0.25) is 0 Å². The molecule has 0 aromatic rings. The van der Waals surface area contributed by atoms with E-state index in [1.54, 1.807) is 0 Å². The van der Waals surface area contributed by atoms with E-state index in [-0.39, 0.29) is 31.1 Å². The van der Waals surface area contributed by atoms with Gasteiger partial charge < -0.3 is 14.2 Å². The van der Waals surface area contributed by atoms with Crippen molar-refractivity contribution in [1.82, 2.24) is 0 Å². The van der Waals surface area contributed by atoms with Gasteiger partial charge in [-0.3, -0.25) is 14.4 Å². The molecule has 0 aliphatic heterocycles. The Morgan fingerprint density at radius 3 is 0.919 bits per heavy atom. The molecule has 0 aliphatic rings. The van der Waals surface area contributed by atoms with Crippen LogP contribution in [0.3, 0.4) is 0 Å². The van der Waals surface area contributed by atoms with E-state index in [1.165, 1.54) is 199 Å². The minimum atomic E-state index is -0.761. The quantitative estimate of drug-likeness (QED) is 0.0344. The van der Waals surface area contributed by atoms with Gasteiger partial charge in [0.2, 0.25) is 0 Å². The summed E-state index contributed by atoms with van der Waals surface area (Å²) in [5.41, 5.74) is 0. The molecule has 0 N–H and O–H groups in total. The molecule has 2 atom stereocenters. The molecule has 1 unspecified atom stereocenters. The third-order valence-electron chi connectivity index (χ3n) is 13.1. The van der Waals surface area contributed by atoms with Crippen LogP contribution in [0.1, 0.15) is 311 Å². The minimum absolute atomic E-state index is 0.0631. The Labute approximate surface area is 387 Å². The lowest BCUT2D eigenvalue weighted by Crippen LogP contribution is -2.30. The van der Waals surface area contributed by atoms with Gasteiger partial charge in [0.25, 0.3) is 0 Å². The van der Waals surface area contributed by atoms with Crippen LogP contribution in [0.15, 0.2) is 0 Å². The Bertz CT molecular complexity index is 949. The summed E-state index contributed by atoms with van der Waals surface area (Å²) in [6.45, 7) is 11.4. The highest BCUT2D eigenvalue weighted by Gasteiger charge is 2.19. The van der Waals surface area contributed by atoms with Crippen LogP contribution in [-0.2, 0) is 28.6 Å². The highest BCUT2D eigenvalue weighted by Crippen LogP contribution is 2.18. The normalized spacial score (nSPS) is 12.5. The van der Waals surface area contributed by atoms with Crippen LogP contribution < -0.4 is 0 Å². The fourth-order valence-corrected chi connectivity index (χ4v) is 8.49. The van der Waals surface area contributed by atoms with Gasteiger partial charge >= 0.3 is 17.9 Å². The Kier molecular flexibility index (Phi) is 47.6. The summed E-state index contributed by atoms with van der Waals surface area (Å²) in [6.07, 6.45) is 50.8. The Hall–Kier alpha value is -1.59. The third-order valence-corrected chi connectivity index (χ3v) is 13.1. The number of hydrogen-bond donors (Lipinski definition) is 0. The van der Waals surface area contributed by atoms with E-state index in [9.17, 15) is 14.4 Å². The number of ether oxygens (including phenoxy) is 3. The average molecular weight is 877 g/mol. The molecule has 0 saturated carbocycles. The fraction of sp³-hybridized carbons (Fsp3) is 0.946. The summed E-state index contributed by atoms with van der Waals surface area (Å²) in [6, 6.07) is 0. The van der Waals surface area contributed by atoms with Crippen LogP contribution in [0.5, 0.6) is 0 Å². The Morgan fingerprint density at radius 1 is 0.339 bits per heavy atom. The fourth-order valence-electron chi connectivity index (χ4n) is 8.49. The predicted octanol–water partition coefficient (Wildman–Crippen LogP) is 18.1. The molecule has 0 bridgehead atoms. The second-order valence-corrected chi connectivity index (χ2v) is 19.9. The molecule has 0 aliphatic carbocycles. The predicted molar refractivity (Wildman–Crippen MR) is 266 cm³/mol. The van der Waals surface area contributed by atoms with Gasteiger partial charge in [-0.2, -0.15) is 0 Å². The van der Waals surface area contributed by atoms with E-state index < -0.39 is 6.10 Å². The van der Waals surface area contributed by atoms with E-state index in [4.69, 9.17) is 14.2 Å². The Balaban J connectivity index is 4.26. The molecule has 368 valence electrons. The zero-order valence-corrected chi connectivity index (χ0v) is 42.5. The first kappa shape index (κ1) is 60.4. The zero-order valence-electron chi connectivity index (χ0n) is 42.5. The first-order valence-corrected chi connectivity index (χ1v) is 27.8. The van der Waals surface area contributed by atoms with Crippen molar-refractivity contribution >= 4 is 17.9 Å². The lowest BCUT2D eigenvalue weighted by molar-refractivity contribution is -0.167. The first-order chi connectivity index (χ1) is 30.3. The highest BCUT2D eigenvalue weighted by molar-refractivity contribution is 5.71. The van der Waals surface area contributed by atoms with Gasteiger partial charge in [0.05, 0.1) is 0 Å². The highest BCUT2D eigenvalue weighted by atomic mass is 16.6. The molecule has 6 heteroatoms. The van der Waals surface area contributed by atoms with Crippen molar-refractivity contribution < 1.29 is 28.6 Å². The number of hydrogen-bond acceptors (Lipinski definition) is 6. The molecular weight excluding hydrogens is 769 g/mol. The van der Waals surface area contributed by atoms with Crippen molar-refractivity contribution in [1.29, 1.82) is 0 Å². The summed E-state index contributed by atoms with van der Waals surface area (Å²) < 4.78 is 16.8. The van der Waals surface area contributed by atoms with Crippen LogP contribution in [0.4, 0.5) is 0 Å². The largest absolute Gasteiger partial charge is 0.462 e. The van der Waals surface area contributed by atoms with Crippen molar-refractivity contribution in [3.8, 4) is 0 Å².